The molecule has 0 aromatic heterocycles. The van der Waals surface area contributed by atoms with Gasteiger partial charge >= 0.3 is 0 Å². The molecule has 0 aliphatic rings. The summed E-state index contributed by atoms with van der Waals surface area (Å²) in [4.78, 5) is 0.654. The number of alkyl halides is 1. The number of halogens is 1. The standard InChI is InChI=1S/C11H15Br/c1-10(12)6-5-9-11-7-3-2-4-8-11/h2-4,7-8,10H,5-6,9H2,1H3. The molecule has 0 aliphatic heterocycles. The van der Waals surface area contributed by atoms with Crippen molar-refractivity contribution in [3.05, 3.63) is 35.9 Å². The van der Waals surface area contributed by atoms with E-state index in [4.69, 9.17) is 0 Å². The summed E-state index contributed by atoms with van der Waals surface area (Å²) in [5.41, 5.74) is 1.45. The molecule has 0 bridgehead atoms. The number of benzene rings is 1. The number of hydrogen-bond acceptors (Lipinski definition) is 0. The van der Waals surface area contributed by atoms with Gasteiger partial charge in [0.15, 0.2) is 0 Å². The summed E-state index contributed by atoms with van der Waals surface area (Å²) in [6.45, 7) is 2.20. The third-order valence-electron chi connectivity index (χ3n) is 1.91. The van der Waals surface area contributed by atoms with Crippen molar-refractivity contribution < 1.29 is 0 Å². The normalized spacial score (nSPS) is 12.8. The lowest BCUT2D eigenvalue weighted by molar-refractivity contribution is 0.736. The maximum Gasteiger partial charge on any atom is 0.0117 e. The molecule has 0 spiro atoms. The van der Waals surface area contributed by atoms with Crippen molar-refractivity contribution in [3.8, 4) is 0 Å². The number of rotatable bonds is 4. The van der Waals surface area contributed by atoms with Crippen molar-refractivity contribution in [1.82, 2.24) is 0 Å². The topological polar surface area (TPSA) is 0 Å². The molecule has 0 N–H and O–H groups in total. The van der Waals surface area contributed by atoms with Crippen LogP contribution in [0.15, 0.2) is 30.3 Å². The SMILES string of the molecule is CC(Br)CCCc1ccccc1. The summed E-state index contributed by atoms with van der Waals surface area (Å²) in [6.07, 6.45) is 3.74. The van der Waals surface area contributed by atoms with Gasteiger partial charge in [-0.05, 0) is 24.8 Å². The molecule has 1 aromatic rings. The van der Waals surface area contributed by atoms with Gasteiger partial charge in [-0.2, -0.15) is 0 Å². The van der Waals surface area contributed by atoms with Gasteiger partial charge in [-0.1, -0.05) is 53.2 Å². The lowest BCUT2D eigenvalue weighted by atomic mass is 10.1. The Balaban J connectivity index is 2.25. The van der Waals surface area contributed by atoms with E-state index in [0.717, 1.165) is 0 Å². The summed E-state index contributed by atoms with van der Waals surface area (Å²) in [6, 6.07) is 10.7. The average molecular weight is 227 g/mol. The fraction of sp³-hybridized carbons (Fsp3) is 0.455. The highest BCUT2D eigenvalue weighted by atomic mass is 79.9. The molecular formula is C11H15Br. The first-order valence-electron chi connectivity index (χ1n) is 4.47. The Kier molecular flexibility index (Phi) is 4.37. The molecule has 0 saturated carbocycles. The monoisotopic (exact) mass is 226 g/mol. The third kappa shape index (κ3) is 3.91. The Morgan fingerprint density at radius 1 is 1.25 bits per heavy atom. The lowest BCUT2D eigenvalue weighted by Crippen LogP contribution is -1.92. The molecule has 0 amide bonds. The molecule has 0 aliphatic carbocycles. The van der Waals surface area contributed by atoms with E-state index in [-0.39, 0.29) is 0 Å². The Morgan fingerprint density at radius 3 is 2.50 bits per heavy atom. The molecule has 66 valence electrons. The van der Waals surface area contributed by atoms with E-state index in [9.17, 15) is 0 Å². The Bertz CT molecular complexity index is 204. The minimum absolute atomic E-state index is 0.654. The molecular weight excluding hydrogens is 212 g/mol. The summed E-state index contributed by atoms with van der Waals surface area (Å²) in [7, 11) is 0. The minimum atomic E-state index is 0.654. The largest absolute Gasteiger partial charge is 0.0894 e. The van der Waals surface area contributed by atoms with Crippen LogP contribution in [0.4, 0.5) is 0 Å². The van der Waals surface area contributed by atoms with Crippen LogP contribution in [-0.4, -0.2) is 4.83 Å². The lowest BCUT2D eigenvalue weighted by Gasteiger charge is -2.02. The second-order valence-corrected chi connectivity index (χ2v) is 4.72. The van der Waals surface area contributed by atoms with E-state index < -0.39 is 0 Å². The van der Waals surface area contributed by atoms with Crippen LogP contribution in [0.25, 0.3) is 0 Å². The van der Waals surface area contributed by atoms with Crippen LogP contribution in [0, 0.1) is 0 Å². The van der Waals surface area contributed by atoms with E-state index in [1.54, 1.807) is 0 Å². The smallest absolute Gasteiger partial charge is 0.0117 e. The summed E-state index contributed by atoms with van der Waals surface area (Å²) in [5, 5.41) is 0. The van der Waals surface area contributed by atoms with Crippen LogP contribution >= 0.6 is 15.9 Å². The molecule has 1 heteroatoms. The van der Waals surface area contributed by atoms with Gasteiger partial charge in [0.1, 0.15) is 0 Å². The first-order chi connectivity index (χ1) is 5.79. The van der Waals surface area contributed by atoms with Crippen LogP contribution in [0.1, 0.15) is 25.3 Å². The fourth-order valence-corrected chi connectivity index (χ4v) is 1.56. The highest BCUT2D eigenvalue weighted by Gasteiger charge is 1.96. The number of hydrogen-bond donors (Lipinski definition) is 0. The molecule has 1 atom stereocenters. The first kappa shape index (κ1) is 9.79. The summed E-state index contributed by atoms with van der Waals surface area (Å²) >= 11 is 3.55. The summed E-state index contributed by atoms with van der Waals surface area (Å²) in [5.74, 6) is 0. The van der Waals surface area contributed by atoms with E-state index in [1.807, 2.05) is 0 Å². The predicted molar refractivity (Wildman–Crippen MR) is 57.8 cm³/mol. The molecule has 0 saturated heterocycles. The van der Waals surface area contributed by atoms with Crippen molar-refractivity contribution in [2.75, 3.05) is 0 Å². The van der Waals surface area contributed by atoms with E-state index in [2.05, 4.69) is 53.2 Å². The number of aryl methyl sites for hydroxylation is 1. The maximum atomic E-state index is 3.55. The van der Waals surface area contributed by atoms with Crippen LogP contribution in [0.5, 0.6) is 0 Å². The molecule has 0 heterocycles. The predicted octanol–water partition coefficient (Wildman–Crippen LogP) is 3.79. The van der Waals surface area contributed by atoms with Gasteiger partial charge in [0.2, 0.25) is 0 Å². The van der Waals surface area contributed by atoms with Gasteiger partial charge in [-0.3, -0.25) is 0 Å². The van der Waals surface area contributed by atoms with E-state index >= 15 is 0 Å². The van der Waals surface area contributed by atoms with Gasteiger partial charge in [0.25, 0.3) is 0 Å². The zero-order chi connectivity index (χ0) is 8.81. The second-order valence-electron chi connectivity index (χ2n) is 3.16. The molecule has 1 aromatic carbocycles. The molecule has 1 unspecified atom stereocenters. The van der Waals surface area contributed by atoms with Crippen LogP contribution in [0.3, 0.4) is 0 Å². The molecule has 0 radical (unpaired) electrons. The van der Waals surface area contributed by atoms with Crippen molar-refractivity contribution in [2.24, 2.45) is 0 Å². The zero-order valence-corrected chi connectivity index (χ0v) is 9.05. The Morgan fingerprint density at radius 2 is 1.92 bits per heavy atom. The second kappa shape index (κ2) is 5.36. The highest BCUT2D eigenvalue weighted by molar-refractivity contribution is 9.09. The molecule has 1 rings (SSSR count). The van der Waals surface area contributed by atoms with E-state index in [1.165, 1.54) is 24.8 Å². The quantitative estimate of drug-likeness (QED) is 0.686. The molecule has 0 fully saturated rings. The van der Waals surface area contributed by atoms with Crippen LogP contribution in [0.2, 0.25) is 0 Å². The van der Waals surface area contributed by atoms with Gasteiger partial charge in [-0.25, -0.2) is 0 Å². The van der Waals surface area contributed by atoms with Crippen molar-refractivity contribution in [1.29, 1.82) is 0 Å². The average Bonchev–Trinajstić information content (AvgIpc) is 2.05. The zero-order valence-electron chi connectivity index (χ0n) is 7.46. The minimum Gasteiger partial charge on any atom is -0.0894 e. The Labute approximate surface area is 83.1 Å². The Hall–Kier alpha value is -0.300. The van der Waals surface area contributed by atoms with Crippen molar-refractivity contribution >= 4 is 15.9 Å². The maximum absolute atomic E-state index is 3.55. The van der Waals surface area contributed by atoms with Crippen LogP contribution in [-0.2, 0) is 6.42 Å². The van der Waals surface area contributed by atoms with Crippen molar-refractivity contribution in [2.45, 2.75) is 31.0 Å². The van der Waals surface area contributed by atoms with Crippen LogP contribution < -0.4 is 0 Å². The van der Waals surface area contributed by atoms with Gasteiger partial charge in [-0.15, -0.1) is 0 Å². The fourth-order valence-electron chi connectivity index (χ4n) is 1.23. The van der Waals surface area contributed by atoms with Gasteiger partial charge in [0.05, 0.1) is 0 Å². The van der Waals surface area contributed by atoms with Crippen molar-refractivity contribution in [3.63, 3.8) is 0 Å². The molecule has 0 nitrogen and oxygen atoms in total. The van der Waals surface area contributed by atoms with Gasteiger partial charge in [0, 0.05) is 4.83 Å². The highest BCUT2D eigenvalue weighted by Crippen LogP contribution is 2.10. The summed E-state index contributed by atoms with van der Waals surface area (Å²) < 4.78 is 0. The van der Waals surface area contributed by atoms with E-state index in [0.29, 0.717) is 4.83 Å². The first-order valence-corrected chi connectivity index (χ1v) is 5.38. The molecule has 12 heavy (non-hydrogen) atoms. The third-order valence-corrected chi connectivity index (χ3v) is 2.37. The van der Waals surface area contributed by atoms with Gasteiger partial charge < -0.3 is 0 Å².